The fraction of sp³-hybridized carbons (Fsp3) is 0.143. The van der Waals surface area contributed by atoms with Crippen LogP contribution in [0.15, 0.2) is 23.2 Å². The molecule has 1 heterocycles. The van der Waals surface area contributed by atoms with Crippen molar-refractivity contribution in [3.63, 3.8) is 0 Å². The van der Waals surface area contributed by atoms with Gasteiger partial charge in [0.05, 0.1) is 4.90 Å². The molecule has 0 aliphatic heterocycles. The van der Waals surface area contributed by atoms with Gasteiger partial charge in [0, 0.05) is 12.5 Å². The minimum atomic E-state index is -3.39. The number of nitrogens with zero attached hydrogens (tertiary/aromatic N) is 1. The van der Waals surface area contributed by atoms with Crippen LogP contribution in [0.25, 0.3) is 0 Å². The Morgan fingerprint density at radius 2 is 2.29 bits per heavy atom. The molecule has 0 fully saturated rings. The van der Waals surface area contributed by atoms with Gasteiger partial charge in [0.1, 0.15) is 5.69 Å². The highest BCUT2D eigenvalue weighted by atomic mass is 32.2. The van der Waals surface area contributed by atoms with Gasteiger partial charge in [-0.05, 0) is 12.1 Å². The third-order valence-electron chi connectivity index (χ3n) is 1.55. The van der Waals surface area contributed by atoms with E-state index >= 15 is 0 Å². The van der Waals surface area contributed by atoms with Crippen molar-refractivity contribution in [2.24, 2.45) is 5.84 Å². The molecule has 1 rings (SSSR count). The lowest BCUT2D eigenvalue weighted by molar-refractivity contribution is 0.601. The molecule has 14 heavy (non-hydrogen) atoms. The normalized spacial score (nSPS) is 11.0. The van der Waals surface area contributed by atoms with Crippen LogP contribution >= 0.6 is 0 Å². The molecule has 7 heteroatoms. The highest BCUT2D eigenvalue weighted by Crippen LogP contribution is 2.11. The summed E-state index contributed by atoms with van der Waals surface area (Å²) in [4.78, 5) is 3.76. The summed E-state index contributed by atoms with van der Waals surface area (Å²) in [5, 5.41) is 7.34. The van der Waals surface area contributed by atoms with Crippen LogP contribution in [0.2, 0.25) is 0 Å². The fourth-order valence-corrected chi connectivity index (χ4v) is 1.78. The second-order valence-electron chi connectivity index (χ2n) is 2.64. The molecule has 76 valence electrons. The van der Waals surface area contributed by atoms with Crippen LogP contribution < -0.4 is 11.3 Å². The maximum Gasteiger partial charge on any atom is 0.177 e. The summed E-state index contributed by atoms with van der Waals surface area (Å²) < 4.78 is 22.5. The summed E-state index contributed by atoms with van der Waals surface area (Å²) in [6.07, 6.45) is 2.45. The highest BCUT2D eigenvalue weighted by Gasteiger charge is 2.16. The zero-order chi connectivity index (χ0) is 10.8. The number of hydrazine groups is 1. The molecule has 0 unspecified atom stereocenters. The first-order valence-electron chi connectivity index (χ1n) is 3.67. The Morgan fingerprint density at radius 3 is 2.79 bits per heavy atom. The molecular weight excluding hydrogens is 204 g/mol. The predicted molar refractivity (Wildman–Crippen MR) is 51.5 cm³/mol. The number of nitrogens with one attached hydrogen (secondary N) is 2. The van der Waals surface area contributed by atoms with Crippen molar-refractivity contribution in [2.75, 3.05) is 6.26 Å². The lowest BCUT2D eigenvalue weighted by Crippen LogP contribution is -2.32. The number of sulfone groups is 1. The van der Waals surface area contributed by atoms with E-state index in [1.165, 1.54) is 18.3 Å². The Labute approximate surface area is 81.6 Å². The Morgan fingerprint density at radius 1 is 1.64 bits per heavy atom. The first kappa shape index (κ1) is 10.6. The lowest BCUT2D eigenvalue weighted by atomic mass is 10.3. The average molecular weight is 214 g/mol. The highest BCUT2D eigenvalue weighted by molar-refractivity contribution is 7.90. The van der Waals surface area contributed by atoms with Crippen LogP contribution in [0, 0.1) is 5.41 Å². The third-order valence-corrected chi connectivity index (χ3v) is 2.68. The number of pyridine rings is 1. The van der Waals surface area contributed by atoms with E-state index in [1.807, 2.05) is 0 Å². The van der Waals surface area contributed by atoms with E-state index < -0.39 is 9.84 Å². The third kappa shape index (κ3) is 2.06. The van der Waals surface area contributed by atoms with E-state index in [0.717, 1.165) is 6.26 Å². The molecule has 1 aromatic heterocycles. The van der Waals surface area contributed by atoms with Crippen LogP contribution in [0.1, 0.15) is 5.69 Å². The minimum Gasteiger partial charge on any atom is -0.307 e. The van der Waals surface area contributed by atoms with Gasteiger partial charge in [-0.25, -0.2) is 14.3 Å². The molecule has 4 N–H and O–H groups in total. The number of hydrogen-bond acceptors (Lipinski definition) is 5. The number of rotatable bonds is 2. The molecule has 0 saturated carbocycles. The van der Waals surface area contributed by atoms with Crippen molar-refractivity contribution in [1.82, 2.24) is 10.4 Å². The van der Waals surface area contributed by atoms with E-state index in [0.29, 0.717) is 0 Å². The maximum atomic E-state index is 11.3. The van der Waals surface area contributed by atoms with Crippen LogP contribution in [-0.2, 0) is 9.84 Å². The predicted octanol–water partition coefficient (Wildman–Crippen LogP) is -0.726. The topological polar surface area (TPSA) is 109 Å². The van der Waals surface area contributed by atoms with E-state index in [9.17, 15) is 8.42 Å². The van der Waals surface area contributed by atoms with Gasteiger partial charge >= 0.3 is 0 Å². The fourth-order valence-electron chi connectivity index (χ4n) is 0.946. The number of hydrogen-bond donors (Lipinski definition) is 3. The molecule has 1 aromatic rings. The molecular formula is C7H10N4O2S. The van der Waals surface area contributed by atoms with Gasteiger partial charge in [-0.15, -0.1) is 0 Å². The van der Waals surface area contributed by atoms with Gasteiger partial charge in [0.2, 0.25) is 0 Å². The van der Waals surface area contributed by atoms with E-state index in [4.69, 9.17) is 11.3 Å². The molecule has 0 radical (unpaired) electrons. The molecule has 0 amide bonds. The lowest BCUT2D eigenvalue weighted by Gasteiger charge is -2.06. The molecule has 0 aliphatic rings. The van der Waals surface area contributed by atoms with Crippen molar-refractivity contribution < 1.29 is 8.42 Å². The molecule has 0 aliphatic carbocycles. The SMILES string of the molecule is CS(=O)(=O)c1cccnc1C(=N)NN. The Balaban J connectivity index is 3.38. The summed E-state index contributed by atoms with van der Waals surface area (Å²) in [6.45, 7) is 0. The second kappa shape index (κ2) is 3.72. The summed E-state index contributed by atoms with van der Waals surface area (Å²) in [6, 6.07) is 2.87. The number of aromatic nitrogens is 1. The van der Waals surface area contributed by atoms with Gasteiger partial charge in [0.25, 0.3) is 0 Å². The van der Waals surface area contributed by atoms with Crippen molar-refractivity contribution in [3.05, 3.63) is 24.0 Å². The van der Waals surface area contributed by atoms with E-state index in [2.05, 4.69) is 10.4 Å². The molecule has 0 atom stereocenters. The first-order chi connectivity index (χ1) is 6.46. The zero-order valence-electron chi connectivity index (χ0n) is 7.48. The second-order valence-corrected chi connectivity index (χ2v) is 4.63. The van der Waals surface area contributed by atoms with Crippen LogP contribution in [-0.4, -0.2) is 25.5 Å². The molecule has 0 aromatic carbocycles. The molecule has 0 bridgehead atoms. The van der Waals surface area contributed by atoms with Crippen molar-refractivity contribution >= 4 is 15.7 Å². The van der Waals surface area contributed by atoms with Gasteiger partial charge in [0.15, 0.2) is 15.7 Å². The quantitative estimate of drug-likeness (QED) is 0.260. The smallest absolute Gasteiger partial charge is 0.177 e. The Kier molecular flexibility index (Phi) is 2.82. The number of nitrogens with two attached hydrogens (primary N) is 1. The van der Waals surface area contributed by atoms with E-state index in [1.54, 1.807) is 0 Å². The molecule has 6 nitrogen and oxygen atoms in total. The Bertz CT molecular complexity index is 455. The summed E-state index contributed by atoms with van der Waals surface area (Å²) in [5.74, 6) is 4.78. The minimum absolute atomic E-state index is 0.0112. The largest absolute Gasteiger partial charge is 0.307 e. The molecule has 0 spiro atoms. The molecule has 0 saturated heterocycles. The van der Waals surface area contributed by atoms with Crippen LogP contribution in [0.5, 0.6) is 0 Å². The summed E-state index contributed by atoms with van der Waals surface area (Å²) in [5.41, 5.74) is 2.08. The van der Waals surface area contributed by atoms with Crippen molar-refractivity contribution in [1.29, 1.82) is 5.41 Å². The standard InChI is InChI=1S/C7H10N4O2S/c1-14(12,13)5-3-2-4-10-6(5)7(8)11-9/h2-4H,9H2,1H3,(H2,8,11). The van der Waals surface area contributed by atoms with Gasteiger partial charge in [-0.3, -0.25) is 10.4 Å². The van der Waals surface area contributed by atoms with Gasteiger partial charge < -0.3 is 5.43 Å². The summed E-state index contributed by atoms with van der Waals surface area (Å²) in [7, 11) is -3.39. The van der Waals surface area contributed by atoms with Crippen LogP contribution in [0.4, 0.5) is 0 Å². The maximum absolute atomic E-state index is 11.3. The van der Waals surface area contributed by atoms with Crippen LogP contribution in [0.3, 0.4) is 0 Å². The first-order valence-corrected chi connectivity index (χ1v) is 5.56. The van der Waals surface area contributed by atoms with Crippen molar-refractivity contribution in [2.45, 2.75) is 4.90 Å². The average Bonchev–Trinajstić information content (AvgIpc) is 2.15. The van der Waals surface area contributed by atoms with Crippen molar-refractivity contribution in [3.8, 4) is 0 Å². The Hall–Kier alpha value is -1.47. The monoisotopic (exact) mass is 214 g/mol. The van der Waals surface area contributed by atoms with Gasteiger partial charge in [-0.1, -0.05) is 0 Å². The zero-order valence-corrected chi connectivity index (χ0v) is 8.30. The van der Waals surface area contributed by atoms with E-state index in [-0.39, 0.29) is 16.4 Å². The summed E-state index contributed by atoms with van der Waals surface area (Å²) >= 11 is 0. The number of amidine groups is 1. The van der Waals surface area contributed by atoms with Gasteiger partial charge in [-0.2, -0.15) is 0 Å².